The largest absolute Gasteiger partial charge is 0.391 e. The van der Waals surface area contributed by atoms with Gasteiger partial charge in [-0.05, 0) is 37.3 Å². The van der Waals surface area contributed by atoms with E-state index >= 15 is 0 Å². The Hall–Kier alpha value is -1.02. The van der Waals surface area contributed by atoms with Crippen LogP contribution in [0.3, 0.4) is 0 Å². The lowest BCUT2D eigenvalue weighted by Gasteiger charge is -2.20. The fourth-order valence-electron chi connectivity index (χ4n) is 2.46. The van der Waals surface area contributed by atoms with Crippen molar-refractivity contribution in [2.45, 2.75) is 51.2 Å². The van der Waals surface area contributed by atoms with Crippen molar-refractivity contribution in [1.82, 2.24) is 0 Å². The molecule has 1 aromatic carbocycles. The molecule has 0 aromatic heterocycles. The molecule has 0 spiro atoms. The molecule has 2 atom stereocenters. The van der Waals surface area contributed by atoms with E-state index in [1.54, 1.807) is 0 Å². The van der Waals surface area contributed by atoms with Gasteiger partial charge < -0.3 is 10.4 Å². The summed E-state index contributed by atoms with van der Waals surface area (Å²) >= 11 is 0. The summed E-state index contributed by atoms with van der Waals surface area (Å²) in [6.45, 7) is 2.20. The van der Waals surface area contributed by atoms with Crippen LogP contribution in [0, 0.1) is 0 Å². The molecule has 0 amide bonds. The Labute approximate surface area is 97.7 Å². The van der Waals surface area contributed by atoms with Gasteiger partial charge in [-0.25, -0.2) is 0 Å². The van der Waals surface area contributed by atoms with Crippen LogP contribution < -0.4 is 5.32 Å². The molecule has 1 saturated carbocycles. The Morgan fingerprint density at radius 2 is 2.12 bits per heavy atom. The molecule has 2 nitrogen and oxygen atoms in total. The van der Waals surface area contributed by atoms with Gasteiger partial charge in [0.25, 0.3) is 0 Å². The van der Waals surface area contributed by atoms with E-state index in [9.17, 15) is 5.11 Å². The van der Waals surface area contributed by atoms with Gasteiger partial charge >= 0.3 is 0 Å². The van der Waals surface area contributed by atoms with Gasteiger partial charge in [0.05, 0.1) is 12.1 Å². The highest BCUT2D eigenvalue weighted by Crippen LogP contribution is 2.25. The standard InChI is InChI=1S/C14H21NO/c1-2-6-11-7-3-4-8-12(11)15-13-9-5-10-14(13)16/h3-4,7-8,13-16H,2,5-6,9-10H2,1H3. The second-order valence-electron chi connectivity index (χ2n) is 4.66. The highest BCUT2D eigenvalue weighted by Gasteiger charge is 2.25. The van der Waals surface area contributed by atoms with Crippen molar-refractivity contribution in [3.8, 4) is 0 Å². The Kier molecular flexibility index (Phi) is 3.83. The van der Waals surface area contributed by atoms with Crippen molar-refractivity contribution in [2.24, 2.45) is 0 Å². The molecule has 2 unspecified atom stereocenters. The first-order valence-corrected chi connectivity index (χ1v) is 6.33. The van der Waals surface area contributed by atoms with Gasteiger partial charge in [-0.3, -0.25) is 0 Å². The van der Waals surface area contributed by atoms with Crippen LogP contribution in [0.25, 0.3) is 0 Å². The minimum Gasteiger partial charge on any atom is -0.391 e. The second-order valence-corrected chi connectivity index (χ2v) is 4.66. The van der Waals surface area contributed by atoms with Gasteiger partial charge in [-0.2, -0.15) is 0 Å². The molecule has 16 heavy (non-hydrogen) atoms. The summed E-state index contributed by atoms with van der Waals surface area (Å²) in [5, 5.41) is 13.3. The van der Waals surface area contributed by atoms with Crippen LogP contribution in [-0.4, -0.2) is 17.3 Å². The van der Waals surface area contributed by atoms with Gasteiger partial charge in [0.2, 0.25) is 0 Å². The zero-order valence-corrected chi connectivity index (χ0v) is 9.95. The van der Waals surface area contributed by atoms with E-state index < -0.39 is 0 Å². The number of aryl methyl sites for hydroxylation is 1. The molecular weight excluding hydrogens is 198 g/mol. The van der Waals surface area contributed by atoms with Crippen molar-refractivity contribution >= 4 is 5.69 Å². The number of rotatable bonds is 4. The number of hydrogen-bond donors (Lipinski definition) is 2. The molecule has 0 saturated heterocycles. The molecule has 1 aromatic rings. The highest BCUT2D eigenvalue weighted by atomic mass is 16.3. The molecule has 88 valence electrons. The van der Waals surface area contributed by atoms with E-state index in [1.807, 2.05) is 0 Å². The summed E-state index contributed by atoms with van der Waals surface area (Å²) in [6.07, 6.45) is 5.25. The summed E-state index contributed by atoms with van der Waals surface area (Å²) in [4.78, 5) is 0. The normalized spacial score (nSPS) is 24.6. The summed E-state index contributed by atoms with van der Waals surface area (Å²) in [7, 11) is 0. The van der Waals surface area contributed by atoms with Gasteiger partial charge in [0.1, 0.15) is 0 Å². The van der Waals surface area contributed by atoms with E-state index in [0.29, 0.717) is 0 Å². The maximum absolute atomic E-state index is 9.81. The maximum Gasteiger partial charge on any atom is 0.0741 e. The van der Waals surface area contributed by atoms with E-state index in [0.717, 1.165) is 32.1 Å². The van der Waals surface area contributed by atoms with E-state index in [2.05, 4.69) is 36.5 Å². The average Bonchev–Trinajstić information content (AvgIpc) is 2.68. The zero-order valence-electron chi connectivity index (χ0n) is 9.95. The van der Waals surface area contributed by atoms with Gasteiger partial charge in [0, 0.05) is 5.69 Å². The minimum absolute atomic E-state index is 0.172. The molecule has 2 rings (SSSR count). The van der Waals surface area contributed by atoms with E-state index in [4.69, 9.17) is 0 Å². The van der Waals surface area contributed by atoms with Gasteiger partial charge in [-0.15, -0.1) is 0 Å². The Morgan fingerprint density at radius 1 is 1.31 bits per heavy atom. The van der Waals surface area contributed by atoms with Crippen LogP contribution in [0.5, 0.6) is 0 Å². The predicted octanol–water partition coefficient (Wildman–Crippen LogP) is 2.96. The Morgan fingerprint density at radius 3 is 2.81 bits per heavy atom. The van der Waals surface area contributed by atoms with E-state index in [-0.39, 0.29) is 12.1 Å². The lowest BCUT2D eigenvalue weighted by Crippen LogP contribution is -2.28. The number of benzene rings is 1. The van der Waals surface area contributed by atoms with Crippen molar-refractivity contribution in [3.63, 3.8) is 0 Å². The summed E-state index contributed by atoms with van der Waals surface area (Å²) in [5.41, 5.74) is 2.57. The summed E-state index contributed by atoms with van der Waals surface area (Å²) < 4.78 is 0. The first-order valence-electron chi connectivity index (χ1n) is 6.33. The molecule has 1 aliphatic carbocycles. The molecule has 1 aliphatic rings. The number of hydrogen-bond acceptors (Lipinski definition) is 2. The third kappa shape index (κ3) is 2.56. The van der Waals surface area contributed by atoms with Crippen molar-refractivity contribution < 1.29 is 5.11 Å². The Balaban J connectivity index is 2.07. The lowest BCUT2D eigenvalue weighted by molar-refractivity contribution is 0.172. The van der Waals surface area contributed by atoms with Gasteiger partial charge in [-0.1, -0.05) is 31.5 Å². The number of para-hydroxylation sites is 1. The topological polar surface area (TPSA) is 32.3 Å². The van der Waals surface area contributed by atoms with Crippen LogP contribution in [0.1, 0.15) is 38.2 Å². The van der Waals surface area contributed by atoms with Crippen LogP contribution in [0.4, 0.5) is 5.69 Å². The fraction of sp³-hybridized carbons (Fsp3) is 0.571. The summed E-state index contributed by atoms with van der Waals surface area (Å²) in [6, 6.07) is 8.69. The summed E-state index contributed by atoms with van der Waals surface area (Å²) in [5.74, 6) is 0. The molecule has 0 bridgehead atoms. The number of aliphatic hydroxyl groups is 1. The highest BCUT2D eigenvalue weighted by molar-refractivity contribution is 5.52. The quantitative estimate of drug-likeness (QED) is 0.816. The van der Waals surface area contributed by atoms with Crippen LogP contribution in [0.15, 0.2) is 24.3 Å². The van der Waals surface area contributed by atoms with Crippen molar-refractivity contribution in [2.75, 3.05) is 5.32 Å². The predicted molar refractivity (Wildman–Crippen MR) is 67.7 cm³/mol. The third-order valence-corrected chi connectivity index (χ3v) is 3.36. The first-order chi connectivity index (χ1) is 7.81. The number of aliphatic hydroxyl groups excluding tert-OH is 1. The molecule has 2 heteroatoms. The third-order valence-electron chi connectivity index (χ3n) is 3.36. The molecule has 0 heterocycles. The van der Waals surface area contributed by atoms with Gasteiger partial charge in [0.15, 0.2) is 0 Å². The smallest absolute Gasteiger partial charge is 0.0741 e. The van der Waals surface area contributed by atoms with Crippen LogP contribution >= 0.6 is 0 Å². The van der Waals surface area contributed by atoms with Crippen LogP contribution in [-0.2, 0) is 6.42 Å². The lowest BCUT2D eigenvalue weighted by atomic mass is 10.1. The monoisotopic (exact) mass is 219 g/mol. The molecule has 2 N–H and O–H groups in total. The SMILES string of the molecule is CCCc1ccccc1NC1CCCC1O. The molecule has 0 aliphatic heterocycles. The maximum atomic E-state index is 9.81. The number of nitrogens with one attached hydrogen (secondary N) is 1. The van der Waals surface area contributed by atoms with Crippen LogP contribution in [0.2, 0.25) is 0 Å². The fourth-order valence-corrected chi connectivity index (χ4v) is 2.46. The minimum atomic E-state index is -0.172. The first kappa shape index (κ1) is 11.5. The van der Waals surface area contributed by atoms with Crippen molar-refractivity contribution in [1.29, 1.82) is 0 Å². The zero-order chi connectivity index (χ0) is 11.4. The molecule has 0 radical (unpaired) electrons. The average molecular weight is 219 g/mol. The van der Waals surface area contributed by atoms with E-state index in [1.165, 1.54) is 11.3 Å². The number of anilines is 1. The Bertz CT molecular complexity index is 337. The second kappa shape index (κ2) is 5.35. The molecular formula is C14H21NO. The van der Waals surface area contributed by atoms with Crippen molar-refractivity contribution in [3.05, 3.63) is 29.8 Å². The molecule has 1 fully saturated rings.